The van der Waals surface area contributed by atoms with E-state index in [4.69, 9.17) is 4.42 Å². The minimum atomic E-state index is -0.120. The van der Waals surface area contributed by atoms with Gasteiger partial charge < -0.3 is 19.5 Å². The Balaban J connectivity index is 1.46. The summed E-state index contributed by atoms with van der Waals surface area (Å²) in [7, 11) is 0. The zero-order valence-electron chi connectivity index (χ0n) is 13.7. The zero-order chi connectivity index (χ0) is 16.9. The molecule has 1 aromatic heterocycles. The molecular weight excluding hydrogens is 306 g/mol. The van der Waals surface area contributed by atoms with Crippen molar-refractivity contribution in [3.8, 4) is 0 Å². The highest BCUT2D eigenvalue weighted by atomic mass is 16.3. The fourth-order valence-electron chi connectivity index (χ4n) is 2.68. The highest BCUT2D eigenvalue weighted by Crippen LogP contribution is 2.11. The molecule has 2 aromatic rings. The first-order valence-corrected chi connectivity index (χ1v) is 8.04. The Hall–Kier alpha value is -2.76. The molecule has 2 heterocycles. The molecule has 0 radical (unpaired) electrons. The Labute approximate surface area is 141 Å². The van der Waals surface area contributed by atoms with Crippen molar-refractivity contribution < 1.29 is 14.0 Å². The molecule has 3 rings (SSSR count). The van der Waals surface area contributed by atoms with Gasteiger partial charge in [-0.2, -0.15) is 0 Å². The minimum Gasteiger partial charge on any atom is -0.459 e. The van der Waals surface area contributed by atoms with Crippen LogP contribution < -0.4 is 5.32 Å². The SMILES string of the molecule is Cc1ccc(NCC(=O)N2CCN(C(=O)c3ccco3)CC2)cc1. The molecule has 1 aromatic carbocycles. The van der Waals surface area contributed by atoms with Gasteiger partial charge in [-0.3, -0.25) is 9.59 Å². The van der Waals surface area contributed by atoms with Crippen LogP contribution in [0, 0.1) is 6.92 Å². The van der Waals surface area contributed by atoms with Crippen molar-refractivity contribution in [2.24, 2.45) is 0 Å². The second kappa shape index (κ2) is 7.21. The van der Waals surface area contributed by atoms with Gasteiger partial charge in [0.05, 0.1) is 12.8 Å². The van der Waals surface area contributed by atoms with Gasteiger partial charge in [-0.15, -0.1) is 0 Å². The molecule has 126 valence electrons. The van der Waals surface area contributed by atoms with E-state index >= 15 is 0 Å². The van der Waals surface area contributed by atoms with Crippen molar-refractivity contribution >= 4 is 17.5 Å². The molecule has 1 aliphatic heterocycles. The molecule has 1 saturated heterocycles. The first-order valence-electron chi connectivity index (χ1n) is 8.04. The van der Waals surface area contributed by atoms with Gasteiger partial charge in [0.2, 0.25) is 5.91 Å². The summed E-state index contributed by atoms with van der Waals surface area (Å²) in [5.74, 6) is 0.265. The largest absolute Gasteiger partial charge is 0.459 e. The molecule has 6 heteroatoms. The van der Waals surface area contributed by atoms with Gasteiger partial charge in [0.1, 0.15) is 0 Å². The van der Waals surface area contributed by atoms with Crippen molar-refractivity contribution in [2.75, 3.05) is 38.0 Å². The van der Waals surface area contributed by atoms with Crippen molar-refractivity contribution in [1.29, 1.82) is 0 Å². The number of furan rings is 1. The number of rotatable bonds is 4. The summed E-state index contributed by atoms with van der Waals surface area (Å²) in [6, 6.07) is 11.3. The second-order valence-electron chi connectivity index (χ2n) is 5.87. The van der Waals surface area contributed by atoms with E-state index in [9.17, 15) is 9.59 Å². The number of nitrogens with zero attached hydrogens (tertiary/aromatic N) is 2. The lowest BCUT2D eigenvalue weighted by molar-refractivity contribution is -0.130. The van der Waals surface area contributed by atoms with E-state index in [1.807, 2.05) is 31.2 Å². The Bertz CT molecular complexity index is 687. The number of hydrogen-bond acceptors (Lipinski definition) is 4. The number of amides is 2. The maximum atomic E-state index is 12.3. The summed E-state index contributed by atoms with van der Waals surface area (Å²) >= 11 is 0. The van der Waals surface area contributed by atoms with Gasteiger partial charge in [0, 0.05) is 31.9 Å². The summed E-state index contributed by atoms with van der Waals surface area (Å²) in [6.45, 7) is 4.42. The number of carbonyl (C=O) groups excluding carboxylic acids is 2. The highest BCUT2D eigenvalue weighted by molar-refractivity contribution is 5.91. The molecule has 1 aliphatic rings. The molecule has 0 unspecified atom stereocenters. The number of aryl methyl sites for hydroxylation is 1. The van der Waals surface area contributed by atoms with E-state index in [0.29, 0.717) is 31.9 Å². The number of piperazine rings is 1. The van der Waals surface area contributed by atoms with Gasteiger partial charge in [-0.1, -0.05) is 17.7 Å². The van der Waals surface area contributed by atoms with Gasteiger partial charge in [-0.25, -0.2) is 0 Å². The molecule has 1 N–H and O–H groups in total. The van der Waals surface area contributed by atoms with Crippen molar-refractivity contribution in [2.45, 2.75) is 6.92 Å². The first-order chi connectivity index (χ1) is 11.6. The Morgan fingerprint density at radius 3 is 2.33 bits per heavy atom. The predicted octanol–water partition coefficient (Wildman–Crippen LogP) is 1.98. The molecular formula is C18H21N3O3. The van der Waals surface area contributed by atoms with Crippen LogP contribution in [-0.4, -0.2) is 54.3 Å². The topological polar surface area (TPSA) is 65.8 Å². The molecule has 0 spiro atoms. The number of carbonyl (C=O) groups is 2. The summed E-state index contributed by atoms with van der Waals surface area (Å²) in [5, 5.41) is 3.14. The van der Waals surface area contributed by atoms with Crippen LogP contribution in [0.5, 0.6) is 0 Å². The number of nitrogens with one attached hydrogen (secondary N) is 1. The summed E-state index contributed by atoms with van der Waals surface area (Å²) in [6.07, 6.45) is 1.49. The Morgan fingerprint density at radius 2 is 1.71 bits per heavy atom. The van der Waals surface area contributed by atoms with Gasteiger partial charge in [0.25, 0.3) is 5.91 Å². The molecule has 1 fully saturated rings. The van der Waals surface area contributed by atoms with Crippen LogP contribution in [-0.2, 0) is 4.79 Å². The average Bonchev–Trinajstić information content (AvgIpc) is 3.15. The Morgan fingerprint density at radius 1 is 1.04 bits per heavy atom. The summed E-state index contributed by atoms with van der Waals surface area (Å²) < 4.78 is 5.14. The third-order valence-electron chi connectivity index (χ3n) is 4.15. The van der Waals surface area contributed by atoms with E-state index < -0.39 is 0 Å². The standard InChI is InChI=1S/C18H21N3O3/c1-14-4-6-15(7-5-14)19-13-17(22)20-8-10-21(11-9-20)18(23)16-3-2-12-24-16/h2-7,12,19H,8-11,13H2,1H3. The summed E-state index contributed by atoms with van der Waals surface area (Å²) in [4.78, 5) is 28.0. The van der Waals surface area contributed by atoms with Crippen LogP contribution >= 0.6 is 0 Å². The maximum Gasteiger partial charge on any atom is 0.289 e. The lowest BCUT2D eigenvalue weighted by Gasteiger charge is -2.34. The molecule has 0 bridgehead atoms. The molecule has 6 nitrogen and oxygen atoms in total. The van der Waals surface area contributed by atoms with Crippen molar-refractivity contribution in [3.05, 3.63) is 54.0 Å². The van der Waals surface area contributed by atoms with Crippen LogP contribution in [0.1, 0.15) is 16.1 Å². The lowest BCUT2D eigenvalue weighted by atomic mass is 10.2. The van der Waals surface area contributed by atoms with Crippen molar-refractivity contribution in [3.63, 3.8) is 0 Å². The fraction of sp³-hybridized carbons (Fsp3) is 0.333. The van der Waals surface area contributed by atoms with E-state index in [1.54, 1.807) is 21.9 Å². The fourth-order valence-corrected chi connectivity index (χ4v) is 2.68. The predicted molar refractivity (Wildman–Crippen MR) is 90.9 cm³/mol. The quantitative estimate of drug-likeness (QED) is 0.932. The number of hydrogen-bond donors (Lipinski definition) is 1. The van der Waals surface area contributed by atoms with Crippen LogP contribution in [0.4, 0.5) is 5.69 Å². The van der Waals surface area contributed by atoms with Crippen LogP contribution in [0.2, 0.25) is 0 Å². The van der Waals surface area contributed by atoms with E-state index in [0.717, 1.165) is 5.69 Å². The summed E-state index contributed by atoms with van der Waals surface area (Å²) in [5.41, 5.74) is 2.12. The van der Waals surface area contributed by atoms with Crippen molar-refractivity contribution in [1.82, 2.24) is 9.80 Å². The van der Waals surface area contributed by atoms with E-state index in [-0.39, 0.29) is 18.4 Å². The zero-order valence-corrected chi connectivity index (χ0v) is 13.7. The normalized spacial score (nSPS) is 14.5. The third-order valence-corrected chi connectivity index (χ3v) is 4.15. The molecule has 0 aliphatic carbocycles. The van der Waals surface area contributed by atoms with Gasteiger partial charge >= 0.3 is 0 Å². The molecule has 24 heavy (non-hydrogen) atoms. The highest BCUT2D eigenvalue weighted by Gasteiger charge is 2.25. The second-order valence-corrected chi connectivity index (χ2v) is 5.87. The molecule has 2 amide bonds. The molecule has 0 atom stereocenters. The van der Waals surface area contributed by atoms with Crippen LogP contribution in [0.3, 0.4) is 0 Å². The average molecular weight is 327 g/mol. The first kappa shape index (κ1) is 16.1. The van der Waals surface area contributed by atoms with Gasteiger partial charge in [-0.05, 0) is 31.2 Å². The van der Waals surface area contributed by atoms with Crippen LogP contribution in [0.15, 0.2) is 47.1 Å². The minimum absolute atomic E-state index is 0.0423. The third kappa shape index (κ3) is 3.76. The number of anilines is 1. The van der Waals surface area contributed by atoms with E-state index in [2.05, 4.69) is 5.32 Å². The molecule has 0 saturated carbocycles. The maximum absolute atomic E-state index is 12.3. The number of benzene rings is 1. The lowest BCUT2D eigenvalue weighted by Crippen LogP contribution is -2.51. The smallest absolute Gasteiger partial charge is 0.289 e. The van der Waals surface area contributed by atoms with Gasteiger partial charge in [0.15, 0.2) is 5.76 Å². The Kier molecular flexibility index (Phi) is 4.84. The van der Waals surface area contributed by atoms with E-state index in [1.165, 1.54) is 11.8 Å². The monoisotopic (exact) mass is 327 g/mol. The van der Waals surface area contributed by atoms with Crippen LogP contribution in [0.25, 0.3) is 0 Å².